The van der Waals surface area contributed by atoms with Gasteiger partial charge in [0.15, 0.2) is 0 Å². The predicted octanol–water partition coefficient (Wildman–Crippen LogP) is 4.17. The van der Waals surface area contributed by atoms with Crippen LogP contribution in [0.25, 0.3) is 0 Å². The fraction of sp³-hybridized carbons (Fsp3) is 0.286. The van der Waals surface area contributed by atoms with Gasteiger partial charge in [-0.25, -0.2) is 13.8 Å². The van der Waals surface area contributed by atoms with Gasteiger partial charge in [0.25, 0.3) is 6.43 Å². The molecule has 0 aromatic carbocycles. The first-order valence-electron chi connectivity index (χ1n) is 3.24. The minimum Gasteiger partial charge on any atom is -0.249 e. The zero-order valence-electron chi connectivity index (χ0n) is 6.20. The van der Waals surface area contributed by atoms with E-state index >= 15 is 0 Å². The van der Waals surface area contributed by atoms with Crippen molar-refractivity contribution in [3.63, 3.8) is 0 Å². The third-order valence-electron chi connectivity index (χ3n) is 1.45. The number of aromatic nitrogens is 1. The Hall–Kier alpha value is 0.510. The van der Waals surface area contributed by atoms with Crippen LogP contribution in [0.1, 0.15) is 17.6 Å². The summed E-state index contributed by atoms with van der Waals surface area (Å²) in [7, 11) is 0. The van der Waals surface area contributed by atoms with Crippen LogP contribution in [-0.2, 0) is 5.33 Å². The number of alkyl halides is 3. The molecule has 0 unspecified atom stereocenters. The van der Waals surface area contributed by atoms with Crippen molar-refractivity contribution in [3.8, 4) is 0 Å². The van der Waals surface area contributed by atoms with E-state index in [9.17, 15) is 8.78 Å². The second kappa shape index (κ2) is 4.84. The van der Waals surface area contributed by atoms with Crippen molar-refractivity contribution in [3.05, 3.63) is 26.0 Å². The number of halogens is 5. The molecule has 0 saturated carbocycles. The van der Waals surface area contributed by atoms with Gasteiger partial charge in [0, 0.05) is 17.1 Å². The van der Waals surface area contributed by atoms with E-state index in [0.29, 0.717) is 14.6 Å². The highest BCUT2D eigenvalue weighted by atomic mass is 127. The van der Waals surface area contributed by atoms with Crippen LogP contribution in [0, 0.1) is 3.70 Å². The molecule has 1 heterocycles. The SMILES string of the molecule is FC(F)c1cnc(I)c(CBr)c1Cl. The van der Waals surface area contributed by atoms with Crippen LogP contribution in [0.3, 0.4) is 0 Å². The molecule has 0 aliphatic rings. The lowest BCUT2D eigenvalue weighted by Gasteiger charge is -2.07. The Bertz CT molecular complexity index is 322. The Morgan fingerprint density at radius 2 is 2.23 bits per heavy atom. The summed E-state index contributed by atoms with van der Waals surface area (Å²) in [5.41, 5.74) is 0.400. The molecule has 1 aromatic rings. The van der Waals surface area contributed by atoms with Crippen LogP contribution in [0.15, 0.2) is 6.20 Å². The lowest BCUT2D eigenvalue weighted by Crippen LogP contribution is -1.96. The molecule has 0 N–H and O–H groups in total. The van der Waals surface area contributed by atoms with Crippen molar-refractivity contribution in [2.24, 2.45) is 0 Å². The number of nitrogens with zero attached hydrogens (tertiary/aromatic N) is 1. The summed E-state index contributed by atoms with van der Waals surface area (Å²) < 4.78 is 25.3. The first kappa shape index (κ1) is 11.6. The molecule has 0 spiro atoms. The Morgan fingerprint density at radius 1 is 1.62 bits per heavy atom. The van der Waals surface area contributed by atoms with Crippen molar-refractivity contribution in [2.45, 2.75) is 11.8 Å². The summed E-state index contributed by atoms with van der Waals surface area (Å²) in [4.78, 5) is 3.82. The van der Waals surface area contributed by atoms with Gasteiger partial charge in [-0.1, -0.05) is 27.5 Å². The van der Waals surface area contributed by atoms with Gasteiger partial charge in [0.1, 0.15) is 3.70 Å². The van der Waals surface area contributed by atoms with E-state index in [0.717, 1.165) is 6.20 Å². The lowest BCUT2D eigenvalue weighted by atomic mass is 10.2. The van der Waals surface area contributed by atoms with Gasteiger partial charge in [-0.05, 0) is 22.6 Å². The van der Waals surface area contributed by atoms with Gasteiger partial charge >= 0.3 is 0 Å². The Morgan fingerprint density at radius 3 is 2.69 bits per heavy atom. The van der Waals surface area contributed by atoms with Crippen LogP contribution in [-0.4, -0.2) is 4.98 Å². The van der Waals surface area contributed by atoms with Crippen molar-refractivity contribution in [1.29, 1.82) is 0 Å². The van der Waals surface area contributed by atoms with Gasteiger partial charge in [-0.15, -0.1) is 0 Å². The fourth-order valence-corrected chi connectivity index (χ4v) is 3.07. The van der Waals surface area contributed by atoms with Gasteiger partial charge < -0.3 is 0 Å². The summed E-state index contributed by atoms with van der Waals surface area (Å²) in [6.07, 6.45) is -1.46. The molecule has 0 atom stereocenters. The van der Waals surface area contributed by atoms with E-state index in [2.05, 4.69) is 20.9 Å². The van der Waals surface area contributed by atoms with E-state index in [1.54, 1.807) is 0 Å². The third kappa shape index (κ3) is 2.50. The van der Waals surface area contributed by atoms with Crippen LogP contribution in [0.4, 0.5) is 8.78 Å². The molecule has 13 heavy (non-hydrogen) atoms. The van der Waals surface area contributed by atoms with Gasteiger partial charge in [0.05, 0.1) is 10.6 Å². The summed E-state index contributed by atoms with van der Waals surface area (Å²) >= 11 is 10.9. The van der Waals surface area contributed by atoms with Gasteiger partial charge in [-0.3, -0.25) is 0 Å². The summed E-state index contributed by atoms with van der Waals surface area (Å²) in [5.74, 6) is 0. The second-order valence-electron chi connectivity index (χ2n) is 2.23. The second-order valence-corrected chi connectivity index (χ2v) is 4.19. The maximum Gasteiger partial charge on any atom is 0.266 e. The Kier molecular flexibility index (Phi) is 4.31. The van der Waals surface area contributed by atoms with Crippen LogP contribution in [0.2, 0.25) is 5.02 Å². The third-order valence-corrected chi connectivity index (χ3v) is 3.39. The molecule has 1 rings (SSSR count). The largest absolute Gasteiger partial charge is 0.266 e. The number of hydrogen-bond acceptors (Lipinski definition) is 1. The molecule has 0 aliphatic carbocycles. The molecule has 0 amide bonds. The monoisotopic (exact) mass is 381 g/mol. The van der Waals surface area contributed by atoms with Crippen molar-refractivity contribution < 1.29 is 8.78 Å². The maximum absolute atomic E-state index is 12.3. The molecular weight excluding hydrogens is 378 g/mol. The van der Waals surface area contributed by atoms with Crippen molar-refractivity contribution >= 4 is 50.1 Å². The normalized spacial score (nSPS) is 10.9. The molecule has 0 bridgehead atoms. The minimum absolute atomic E-state index is 0.103. The maximum atomic E-state index is 12.3. The number of hydrogen-bond donors (Lipinski definition) is 0. The Labute approximate surface area is 101 Å². The van der Waals surface area contributed by atoms with Crippen molar-refractivity contribution in [2.75, 3.05) is 0 Å². The lowest BCUT2D eigenvalue weighted by molar-refractivity contribution is 0.151. The summed E-state index contributed by atoms with van der Waals surface area (Å²) in [6.45, 7) is 0. The van der Waals surface area contributed by atoms with E-state index in [-0.39, 0.29) is 10.6 Å². The van der Waals surface area contributed by atoms with Gasteiger partial charge in [-0.2, -0.15) is 0 Å². The topological polar surface area (TPSA) is 12.9 Å². The highest BCUT2D eigenvalue weighted by molar-refractivity contribution is 14.1. The first-order chi connectivity index (χ1) is 6.07. The number of rotatable bonds is 2. The highest BCUT2D eigenvalue weighted by Crippen LogP contribution is 2.32. The molecule has 1 aromatic heterocycles. The Balaban J connectivity index is 3.27. The molecule has 0 fully saturated rings. The molecule has 6 heteroatoms. The standard InChI is InChI=1S/C7H4BrClF2IN/c8-1-3-5(9)4(6(10)11)2-13-7(3)12/h2,6H,1H2. The van der Waals surface area contributed by atoms with Crippen LogP contribution >= 0.6 is 50.1 Å². The van der Waals surface area contributed by atoms with Crippen molar-refractivity contribution in [1.82, 2.24) is 4.98 Å². The average molecular weight is 382 g/mol. The molecule has 0 saturated heterocycles. The van der Waals surface area contributed by atoms with E-state index in [1.165, 1.54) is 0 Å². The van der Waals surface area contributed by atoms with E-state index in [4.69, 9.17) is 11.6 Å². The summed E-state index contributed by atoms with van der Waals surface area (Å²) in [5, 5.41) is 0.531. The minimum atomic E-state index is -2.57. The van der Waals surface area contributed by atoms with E-state index < -0.39 is 6.43 Å². The van der Waals surface area contributed by atoms with Crippen LogP contribution in [0.5, 0.6) is 0 Å². The fourth-order valence-electron chi connectivity index (χ4n) is 0.792. The zero-order valence-corrected chi connectivity index (χ0v) is 10.7. The van der Waals surface area contributed by atoms with Crippen LogP contribution < -0.4 is 0 Å². The predicted molar refractivity (Wildman–Crippen MR) is 59.6 cm³/mol. The zero-order chi connectivity index (χ0) is 10.0. The molecular formula is C7H4BrClF2IN. The van der Waals surface area contributed by atoms with Gasteiger partial charge in [0.2, 0.25) is 0 Å². The average Bonchev–Trinajstić information content (AvgIpc) is 2.04. The highest BCUT2D eigenvalue weighted by Gasteiger charge is 2.17. The smallest absolute Gasteiger partial charge is 0.249 e. The number of pyridine rings is 1. The molecule has 72 valence electrons. The van der Waals surface area contributed by atoms with E-state index in [1.807, 2.05) is 22.6 Å². The first-order valence-corrected chi connectivity index (χ1v) is 5.82. The summed E-state index contributed by atoms with van der Waals surface area (Å²) in [6, 6.07) is 0. The quantitative estimate of drug-likeness (QED) is 0.425. The molecule has 1 nitrogen and oxygen atoms in total. The molecule has 0 radical (unpaired) electrons. The molecule has 0 aliphatic heterocycles.